The third-order valence-corrected chi connectivity index (χ3v) is 6.16. The van der Waals surface area contributed by atoms with E-state index in [1.807, 2.05) is 6.07 Å². The molecule has 2 aromatic carbocycles. The highest BCUT2D eigenvalue weighted by atomic mass is 28.3. The van der Waals surface area contributed by atoms with Crippen molar-refractivity contribution in [2.75, 3.05) is 27.6 Å². The highest BCUT2D eigenvalue weighted by Crippen LogP contribution is 2.36. The second-order valence-electron chi connectivity index (χ2n) is 8.07. The fourth-order valence-electron chi connectivity index (χ4n) is 2.64. The molecule has 0 atom stereocenters. The second kappa shape index (κ2) is 10.8. The zero-order valence-electron chi connectivity index (χ0n) is 18.5. The molecule has 0 radical (unpaired) electrons. The Hall–Kier alpha value is -3.04. The molecule has 1 N–H and O–H groups in total. The van der Waals surface area contributed by atoms with Gasteiger partial charge in [-0.1, -0.05) is 37.9 Å². The Kier molecular flexibility index (Phi) is 8.46. The number of nitrogens with zero attached hydrogens (tertiary/aromatic N) is 1. The van der Waals surface area contributed by atoms with Crippen LogP contribution in [0, 0.1) is 10.1 Å². The topological polar surface area (TPSA) is 100 Å². The van der Waals surface area contributed by atoms with E-state index in [2.05, 4.69) is 19.6 Å². The summed E-state index contributed by atoms with van der Waals surface area (Å²) in [6.07, 6.45) is 3.27. The summed E-state index contributed by atoms with van der Waals surface area (Å²) >= 11 is 0. The molecule has 0 saturated heterocycles. The Bertz CT molecular complexity index is 938. The number of methoxy groups -OCH3 is 2. The predicted molar refractivity (Wildman–Crippen MR) is 123 cm³/mol. The number of hydrogen-bond donors (Lipinski definition) is 1. The summed E-state index contributed by atoms with van der Waals surface area (Å²) < 4.78 is 21.6. The number of non-ortho nitro benzene ring substituents is 1. The van der Waals surface area contributed by atoms with Crippen LogP contribution in [0.15, 0.2) is 30.3 Å². The quantitative estimate of drug-likeness (QED) is 0.126. The van der Waals surface area contributed by atoms with E-state index in [1.165, 1.54) is 19.2 Å². The van der Waals surface area contributed by atoms with Crippen molar-refractivity contribution in [1.29, 1.82) is 0 Å². The third kappa shape index (κ3) is 7.30. The maximum absolute atomic E-state index is 11.1. The van der Waals surface area contributed by atoms with Gasteiger partial charge in [-0.3, -0.25) is 10.1 Å². The first-order valence-corrected chi connectivity index (χ1v) is 13.5. The number of aromatic hydroxyl groups is 1. The van der Waals surface area contributed by atoms with Gasteiger partial charge in [0.25, 0.3) is 5.69 Å². The van der Waals surface area contributed by atoms with Crippen molar-refractivity contribution in [1.82, 2.24) is 0 Å². The van der Waals surface area contributed by atoms with E-state index in [0.717, 1.165) is 11.6 Å². The average molecular weight is 448 g/mol. The molecule has 0 fully saturated rings. The number of nitro benzene ring substituents is 1. The van der Waals surface area contributed by atoms with Crippen LogP contribution in [0.2, 0.25) is 25.7 Å². The molecular weight excluding hydrogens is 418 g/mol. The number of rotatable bonds is 11. The smallest absolute Gasteiger partial charge is 0.274 e. The molecule has 2 aromatic rings. The summed E-state index contributed by atoms with van der Waals surface area (Å²) in [4.78, 5) is 10.6. The van der Waals surface area contributed by atoms with Gasteiger partial charge in [0.1, 0.15) is 0 Å². The van der Waals surface area contributed by atoms with Crippen molar-refractivity contribution in [2.45, 2.75) is 25.7 Å². The van der Waals surface area contributed by atoms with Crippen LogP contribution in [0.5, 0.6) is 23.0 Å². The van der Waals surface area contributed by atoms with Gasteiger partial charge in [-0.25, -0.2) is 0 Å². The molecule has 0 aliphatic rings. The molecule has 0 aliphatic heterocycles. The van der Waals surface area contributed by atoms with Crippen LogP contribution in [-0.2, 0) is 4.74 Å². The molecule has 31 heavy (non-hydrogen) atoms. The number of hydrogen-bond acceptors (Lipinski definition) is 7. The van der Waals surface area contributed by atoms with Gasteiger partial charge in [0.2, 0.25) is 0 Å². The van der Waals surface area contributed by atoms with Gasteiger partial charge < -0.3 is 24.1 Å². The normalized spacial score (nSPS) is 11.5. The second-order valence-corrected chi connectivity index (χ2v) is 13.7. The van der Waals surface area contributed by atoms with E-state index in [9.17, 15) is 15.2 Å². The van der Waals surface area contributed by atoms with Crippen LogP contribution in [-0.4, -0.2) is 45.7 Å². The van der Waals surface area contributed by atoms with Gasteiger partial charge in [-0.15, -0.1) is 0 Å². The summed E-state index contributed by atoms with van der Waals surface area (Å²) in [6.45, 7) is 7.66. The highest BCUT2D eigenvalue weighted by molar-refractivity contribution is 6.76. The van der Waals surface area contributed by atoms with Gasteiger partial charge in [0, 0.05) is 26.3 Å². The summed E-state index contributed by atoms with van der Waals surface area (Å²) in [5.74, 6) is 0.931. The standard InChI is InChI=1S/C22H29NO7Si/c1-27-20-12-16(7-9-19(20)30-15-29-10-11-31(3,4)5)6-8-17-13-18(23(25)26)14-21(28-2)22(17)24/h6-9,12-14,24H,10-11,15H2,1-5H3/b8-6+. The fourth-order valence-corrected chi connectivity index (χ4v) is 3.39. The van der Waals surface area contributed by atoms with Crippen molar-refractivity contribution in [2.24, 2.45) is 0 Å². The van der Waals surface area contributed by atoms with Crippen molar-refractivity contribution < 1.29 is 29.0 Å². The number of nitro groups is 1. The molecule has 8 nitrogen and oxygen atoms in total. The first kappa shape index (κ1) is 24.2. The molecule has 2 rings (SSSR count). The van der Waals surface area contributed by atoms with E-state index in [1.54, 1.807) is 31.4 Å². The van der Waals surface area contributed by atoms with E-state index in [0.29, 0.717) is 18.1 Å². The number of benzene rings is 2. The van der Waals surface area contributed by atoms with E-state index in [4.69, 9.17) is 18.9 Å². The molecule has 0 aromatic heterocycles. The zero-order chi connectivity index (χ0) is 23.0. The average Bonchev–Trinajstić information content (AvgIpc) is 2.72. The molecule has 0 heterocycles. The number of ether oxygens (including phenoxy) is 4. The lowest BCUT2D eigenvalue weighted by molar-refractivity contribution is -0.385. The Morgan fingerprint density at radius 3 is 2.35 bits per heavy atom. The Morgan fingerprint density at radius 1 is 1.03 bits per heavy atom. The van der Waals surface area contributed by atoms with E-state index >= 15 is 0 Å². The maximum atomic E-state index is 11.1. The lowest BCUT2D eigenvalue weighted by Gasteiger charge is -2.16. The van der Waals surface area contributed by atoms with Gasteiger partial charge in [0.05, 0.1) is 25.2 Å². The largest absolute Gasteiger partial charge is 0.504 e. The SMILES string of the molecule is COc1cc(/C=C/c2cc([N+](=O)[O-])cc(OC)c2O)ccc1OCOCC[Si](C)(C)C. The molecule has 0 bridgehead atoms. The summed E-state index contributed by atoms with van der Waals surface area (Å²) in [7, 11) is 1.73. The summed E-state index contributed by atoms with van der Waals surface area (Å²) in [6, 6.07) is 8.84. The van der Waals surface area contributed by atoms with Crippen LogP contribution in [0.25, 0.3) is 12.2 Å². The minimum Gasteiger partial charge on any atom is -0.504 e. The number of phenolic OH excluding ortho intramolecular Hbond substituents is 1. The van der Waals surface area contributed by atoms with E-state index < -0.39 is 13.0 Å². The first-order chi connectivity index (χ1) is 14.6. The molecule has 0 aliphatic carbocycles. The molecule has 0 saturated carbocycles. The third-order valence-electron chi connectivity index (χ3n) is 4.46. The Balaban J connectivity index is 2.12. The molecule has 168 valence electrons. The minimum absolute atomic E-state index is 0.0318. The molecular formula is C22H29NO7Si. The van der Waals surface area contributed by atoms with Crippen LogP contribution in [0.3, 0.4) is 0 Å². The maximum Gasteiger partial charge on any atom is 0.274 e. The summed E-state index contributed by atoms with van der Waals surface area (Å²) in [5, 5.41) is 21.4. The van der Waals surface area contributed by atoms with Gasteiger partial charge >= 0.3 is 0 Å². The van der Waals surface area contributed by atoms with Crippen LogP contribution in [0.1, 0.15) is 11.1 Å². The monoisotopic (exact) mass is 447 g/mol. The molecule has 9 heteroatoms. The summed E-state index contributed by atoms with van der Waals surface area (Å²) in [5.41, 5.74) is 0.847. The van der Waals surface area contributed by atoms with Crippen LogP contribution in [0.4, 0.5) is 5.69 Å². The van der Waals surface area contributed by atoms with Crippen molar-refractivity contribution in [3.05, 3.63) is 51.6 Å². The first-order valence-electron chi connectivity index (χ1n) is 9.76. The lowest BCUT2D eigenvalue weighted by atomic mass is 10.1. The fraction of sp³-hybridized carbons (Fsp3) is 0.364. The lowest BCUT2D eigenvalue weighted by Crippen LogP contribution is -2.22. The predicted octanol–water partition coefficient (Wildman–Crippen LogP) is 5.18. The zero-order valence-corrected chi connectivity index (χ0v) is 19.5. The van der Waals surface area contributed by atoms with E-state index in [-0.39, 0.29) is 29.5 Å². The van der Waals surface area contributed by atoms with Crippen molar-refractivity contribution >= 4 is 25.9 Å². The Labute approximate surface area is 183 Å². The van der Waals surface area contributed by atoms with Crippen LogP contribution >= 0.6 is 0 Å². The number of phenols is 1. The van der Waals surface area contributed by atoms with Crippen molar-refractivity contribution in [3.63, 3.8) is 0 Å². The van der Waals surface area contributed by atoms with Gasteiger partial charge in [0.15, 0.2) is 29.8 Å². The minimum atomic E-state index is -1.14. The molecule has 0 spiro atoms. The Morgan fingerprint density at radius 2 is 1.74 bits per heavy atom. The molecule has 0 unspecified atom stereocenters. The molecule has 0 amide bonds. The van der Waals surface area contributed by atoms with Crippen LogP contribution < -0.4 is 14.2 Å². The highest BCUT2D eigenvalue weighted by Gasteiger charge is 2.15. The van der Waals surface area contributed by atoms with Gasteiger partial charge in [-0.2, -0.15) is 0 Å². The van der Waals surface area contributed by atoms with Crippen molar-refractivity contribution in [3.8, 4) is 23.0 Å². The van der Waals surface area contributed by atoms with Gasteiger partial charge in [-0.05, 0) is 23.7 Å².